The van der Waals surface area contributed by atoms with Gasteiger partial charge < -0.3 is 4.84 Å². The van der Waals surface area contributed by atoms with Crippen molar-refractivity contribution in [2.24, 2.45) is 16.5 Å². The van der Waals surface area contributed by atoms with E-state index in [-0.39, 0.29) is 17.0 Å². The molecular formula is C12H19NO3. The van der Waals surface area contributed by atoms with Crippen LogP contribution in [0.25, 0.3) is 0 Å². The smallest absolute Gasteiger partial charge is 0.149 e. The average molecular weight is 225 g/mol. The third-order valence-electron chi connectivity index (χ3n) is 2.69. The van der Waals surface area contributed by atoms with Gasteiger partial charge in [-0.15, -0.1) is 0 Å². The molecule has 0 aliphatic heterocycles. The lowest BCUT2D eigenvalue weighted by Crippen LogP contribution is -2.41. The molecular weight excluding hydrogens is 206 g/mol. The van der Waals surface area contributed by atoms with Gasteiger partial charge in [0.1, 0.15) is 24.1 Å². The molecule has 1 saturated carbocycles. The van der Waals surface area contributed by atoms with E-state index in [4.69, 9.17) is 4.84 Å². The summed E-state index contributed by atoms with van der Waals surface area (Å²) in [6, 6.07) is 0. The number of oxime groups is 1. The monoisotopic (exact) mass is 225 g/mol. The zero-order valence-corrected chi connectivity index (χ0v) is 10.4. The van der Waals surface area contributed by atoms with Gasteiger partial charge in [-0.05, 0) is 25.7 Å². The van der Waals surface area contributed by atoms with Gasteiger partial charge in [-0.2, -0.15) is 0 Å². The van der Waals surface area contributed by atoms with Crippen molar-refractivity contribution in [2.75, 3.05) is 6.61 Å². The first-order valence-corrected chi connectivity index (χ1v) is 5.59. The zero-order chi connectivity index (χ0) is 12.3. The lowest BCUT2D eigenvalue weighted by Gasteiger charge is -2.32. The van der Waals surface area contributed by atoms with E-state index in [0.717, 1.165) is 0 Å². The molecule has 90 valence electrons. The number of carbonyl (C=O) groups is 2. The molecule has 16 heavy (non-hydrogen) atoms. The van der Waals surface area contributed by atoms with Gasteiger partial charge in [0, 0.05) is 6.42 Å². The second kappa shape index (κ2) is 4.76. The number of ketones is 2. The summed E-state index contributed by atoms with van der Waals surface area (Å²) in [5, 5.41) is 3.93. The van der Waals surface area contributed by atoms with Gasteiger partial charge >= 0.3 is 0 Å². The fourth-order valence-electron chi connectivity index (χ4n) is 2.11. The second-order valence-corrected chi connectivity index (χ2v) is 5.03. The maximum atomic E-state index is 11.9. The van der Waals surface area contributed by atoms with Crippen molar-refractivity contribution < 1.29 is 14.4 Å². The molecule has 1 unspecified atom stereocenters. The SMILES string of the molecule is CCON=C1CC(C)(C)CC(=O)C1C(C)=O. The molecule has 0 radical (unpaired) electrons. The minimum atomic E-state index is -0.681. The normalized spacial score (nSPS) is 26.9. The maximum absolute atomic E-state index is 11.9. The second-order valence-electron chi connectivity index (χ2n) is 5.03. The molecule has 1 rings (SSSR count). The van der Waals surface area contributed by atoms with E-state index in [1.54, 1.807) is 0 Å². The summed E-state index contributed by atoms with van der Waals surface area (Å²) in [5.74, 6) is -0.860. The molecule has 0 heterocycles. The van der Waals surface area contributed by atoms with E-state index in [1.807, 2.05) is 20.8 Å². The quantitative estimate of drug-likeness (QED) is 0.545. The van der Waals surface area contributed by atoms with Crippen molar-refractivity contribution in [3.8, 4) is 0 Å². The number of nitrogens with zero attached hydrogens (tertiary/aromatic N) is 1. The fraction of sp³-hybridized carbons (Fsp3) is 0.750. The van der Waals surface area contributed by atoms with Crippen molar-refractivity contribution in [1.29, 1.82) is 0 Å². The number of hydrogen-bond acceptors (Lipinski definition) is 4. The van der Waals surface area contributed by atoms with E-state index in [9.17, 15) is 9.59 Å². The van der Waals surface area contributed by atoms with Crippen molar-refractivity contribution in [3.63, 3.8) is 0 Å². The van der Waals surface area contributed by atoms with Crippen LogP contribution >= 0.6 is 0 Å². The molecule has 4 heteroatoms. The van der Waals surface area contributed by atoms with Crippen LogP contribution in [0.15, 0.2) is 5.16 Å². The molecule has 1 aliphatic rings. The Bertz CT molecular complexity index is 331. The van der Waals surface area contributed by atoms with Crippen LogP contribution < -0.4 is 0 Å². The third-order valence-corrected chi connectivity index (χ3v) is 2.69. The van der Waals surface area contributed by atoms with Crippen LogP contribution in [-0.2, 0) is 14.4 Å². The van der Waals surface area contributed by atoms with E-state index >= 15 is 0 Å². The Balaban J connectivity index is 2.97. The van der Waals surface area contributed by atoms with Crippen LogP contribution in [-0.4, -0.2) is 23.9 Å². The predicted octanol–water partition coefficient (Wildman–Crippen LogP) is 1.97. The van der Waals surface area contributed by atoms with Gasteiger partial charge in [-0.1, -0.05) is 19.0 Å². The van der Waals surface area contributed by atoms with E-state index in [2.05, 4.69) is 5.16 Å². The number of hydrogen-bond donors (Lipinski definition) is 0. The summed E-state index contributed by atoms with van der Waals surface area (Å²) in [7, 11) is 0. The van der Waals surface area contributed by atoms with E-state index in [1.165, 1.54) is 6.92 Å². The first-order valence-electron chi connectivity index (χ1n) is 5.59. The standard InChI is InChI=1S/C12H19NO3/c1-5-16-13-9-6-12(3,4)7-10(15)11(9)8(2)14/h11H,5-7H2,1-4H3. The number of rotatable bonds is 3. The molecule has 0 N–H and O–H groups in total. The number of carbonyl (C=O) groups excluding carboxylic acids is 2. The summed E-state index contributed by atoms with van der Waals surface area (Å²) in [6.45, 7) is 7.71. The lowest BCUT2D eigenvalue weighted by atomic mass is 9.70. The van der Waals surface area contributed by atoms with E-state index in [0.29, 0.717) is 25.2 Å². The molecule has 1 atom stereocenters. The average Bonchev–Trinajstić information content (AvgIpc) is 2.10. The summed E-state index contributed by atoms with van der Waals surface area (Å²) in [5.41, 5.74) is 0.453. The molecule has 0 aromatic carbocycles. The highest BCUT2D eigenvalue weighted by Gasteiger charge is 2.40. The minimum absolute atomic E-state index is 0.0396. The van der Waals surface area contributed by atoms with Crippen molar-refractivity contribution in [2.45, 2.75) is 40.5 Å². The molecule has 1 fully saturated rings. The van der Waals surface area contributed by atoms with Gasteiger partial charge in [0.25, 0.3) is 0 Å². The van der Waals surface area contributed by atoms with Gasteiger partial charge in [0.2, 0.25) is 0 Å². The van der Waals surface area contributed by atoms with Crippen LogP contribution in [0.4, 0.5) is 0 Å². The Morgan fingerprint density at radius 1 is 1.50 bits per heavy atom. The van der Waals surface area contributed by atoms with Crippen molar-refractivity contribution >= 4 is 17.3 Å². The van der Waals surface area contributed by atoms with Gasteiger partial charge in [0.15, 0.2) is 0 Å². The third kappa shape index (κ3) is 2.90. The van der Waals surface area contributed by atoms with Gasteiger partial charge in [0.05, 0.1) is 5.71 Å². The Labute approximate surface area is 96.0 Å². The summed E-state index contributed by atoms with van der Waals surface area (Å²) < 4.78 is 0. The van der Waals surface area contributed by atoms with E-state index < -0.39 is 5.92 Å². The van der Waals surface area contributed by atoms with Gasteiger partial charge in [-0.3, -0.25) is 9.59 Å². The Kier molecular flexibility index (Phi) is 3.83. The highest BCUT2D eigenvalue weighted by Crippen LogP contribution is 2.34. The first kappa shape index (κ1) is 12.9. The molecule has 0 aromatic rings. The minimum Gasteiger partial charge on any atom is -0.396 e. The summed E-state index contributed by atoms with van der Waals surface area (Å²) >= 11 is 0. The van der Waals surface area contributed by atoms with Gasteiger partial charge in [-0.25, -0.2) is 0 Å². The summed E-state index contributed by atoms with van der Waals surface area (Å²) in [4.78, 5) is 28.3. The predicted molar refractivity (Wildman–Crippen MR) is 61.3 cm³/mol. The first-order chi connectivity index (χ1) is 7.37. The van der Waals surface area contributed by atoms with Crippen LogP contribution in [0.5, 0.6) is 0 Å². The Hall–Kier alpha value is -1.19. The van der Waals surface area contributed by atoms with Crippen LogP contribution in [0, 0.1) is 11.3 Å². The largest absolute Gasteiger partial charge is 0.396 e. The highest BCUT2D eigenvalue weighted by atomic mass is 16.6. The number of Topliss-reactive ketones (excluding diaryl/α,β-unsaturated/α-hetero) is 2. The molecule has 0 aromatic heterocycles. The Morgan fingerprint density at radius 3 is 2.62 bits per heavy atom. The fourth-order valence-corrected chi connectivity index (χ4v) is 2.11. The van der Waals surface area contributed by atoms with Crippen LogP contribution in [0.3, 0.4) is 0 Å². The zero-order valence-electron chi connectivity index (χ0n) is 10.4. The summed E-state index contributed by atoms with van der Waals surface area (Å²) in [6.07, 6.45) is 1.07. The molecule has 0 spiro atoms. The maximum Gasteiger partial charge on any atom is 0.149 e. The molecule has 4 nitrogen and oxygen atoms in total. The Morgan fingerprint density at radius 2 is 2.12 bits per heavy atom. The lowest BCUT2D eigenvalue weighted by molar-refractivity contribution is -0.131. The molecule has 1 aliphatic carbocycles. The van der Waals surface area contributed by atoms with Crippen LogP contribution in [0.2, 0.25) is 0 Å². The molecule has 0 saturated heterocycles. The molecule has 0 amide bonds. The van der Waals surface area contributed by atoms with Crippen molar-refractivity contribution in [1.82, 2.24) is 0 Å². The van der Waals surface area contributed by atoms with Crippen LogP contribution in [0.1, 0.15) is 40.5 Å². The topological polar surface area (TPSA) is 55.7 Å². The van der Waals surface area contributed by atoms with Crippen molar-refractivity contribution in [3.05, 3.63) is 0 Å². The highest BCUT2D eigenvalue weighted by molar-refractivity contribution is 6.21. The molecule has 0 bridgehead atoms.